The first kappa shape index (κ1) is 13.1. The Morgan fingerprint density at radius 2 is 2.11 bits per heavy atom. The van der Waals surface area contributed by atoms with Gasteiger partial charge in [0.25, 0.3) is 0 Å². The number of carbonyl (C=O) groups excluding carboxylic acids is 2. The smallest absolute Gasteiger partial charge is 0.308 e. The number of esters is 1. The molecule has 0 radical (unpaired) electrons. The van der Waals surface area contributed by atoms with Crippen LogP contribution in [0.4, 0.5) is 5.69 Å². The maximum absolute atomic E-state index is 11.6. The fourth-order valence-corrected chi connectivity index (χ4v) is 2.21. The van der Waals surface area contributed by atoms with Gasteiger partial charge < -0.3 is 9.64 Å². The largest absolute Gasteiger partial charge is 0.466 e. The van der Waals surface area contributed by atoms with E-state index in [4.69, 9.17) is 4.74 Å². The van der Waals surface area contributed by atoms with Crippen LogP contribution in [-0.4, -0.2) is 30.9 Å². The highest BCUT2D eigenvalue weighted by molar-refractivity contribution is 9.10. The molecule has 0 N–H and O–H groups in total. The minimum Gasteiger partial charge on any atom is -0.466 e. The second-order valence-electron chi connectivity index (χ2n) is 4.10. The Hall–Kier alpha value is -1.36. The van der Waals surface area contributed by atoms with E-state index in [1.165, 1.54) is 0 Å². The van der Waals surface area contributed by atoms with Crippen molar-refractivity contribution in [3.05, 3.63) is 28.7 Å². The Balaban J connectivity index is 2.03. The van der Waals surface area contributed by atoms with Crippen molar-refractivity contribution in [1.82, 2.24) is 0 Å². The molecule has 1 unspecified atom stereocenters. The third kappa shape index (κ3) is 2.72. The van der Waals surface area contributed by atoms with Crippen molar-refractivity contribution in [2.24, 2.45) is 0 Å². The molecule has 1 aromatic carbocycles. The molecule has 0 spiro atoms. The van der Waals surface area contributed by atoms with Crippen molar-refractivity contribution < 1.29 is 14.3 Å². The number of anilines is 1. The van der Waals surface area contributed by atoms with Crippen LogP contribution in [0.25, 0.3) is 0 Å². The molecule has 1 heterocycles. The molecule has 5 heteroatoms. The summed E-state index contributed by atoms with van der Waals surface area (Å²) < 4.78 is 5.86. The van der Waals surface area contributed by atoms with Crippen LogP contribution in [0, 0.1) is 0 Å². The zero-order chi connectivity index (χ0) is 13.1. The lowest BCUT2D eigenvalue weighted by molar-refractivity contribution is -0.145. The summed E-state index contributed by atoms with van der Waals surface area (Å²) in [6, 6.07) is 7.31. The zero-order valence-corrected chi connectivity index (χ0v) is 11.6. The van der Waals surface area contributed by atoms with Gasteiger partial charge in [0.1, 0.15) is 6.04 Å². The van der Waals surface area contributed by atoms with E-state index in [-0.39, 0.29) is 24.2 Å². The van der Waals surface area contributed by atoms with Gasteiger partial charge in [0.05, 0.1) is 19.6 Å². The average molecular weight is 312 g/mol. The van der Waals surface area contributed by atoms with E-state index in [2.05, 4.69) is 15.9 Å². The second-order valence-corrected chi connectivity index (χ2v) is 5.01. The molecule has 1 aliphatic rings. The van der Waals surface area contributed by atoms with Crippen molar-refractivity contribution in [2.75, 3.05) is 18.1 Å². The van der Waals surface area contributed by atoms with Gasteiger partial charge in [-0.3, -0.25) is 9.59 Å². The Morgan fingerprint density at radius 3 is 2.67 bits per heavy atom. The van der Waals surface area contributed by atoms with Gasteiger partial charge in [-0.1, -0.05) is 15.9 Å². The highest BCUT2D eigenvalue weighted by Crippen LogP contribution is 2.27. The number of benzene rings is 1. The molecule has 1 aliphatic heterocycles. The quantitative estimate of drug-likeness (QED) is 0.799. The van der Waals surface area contributed by atoms with Crippen molar-refractivity contribution >= 4 is 33.4 Å². The summed E-state index contributed by atoms with van der Waals surface area (Å²) in [5.74, 6) is -0.233. The Labute approximate surface area is 114 Å². The summed E-state index contributed by atoms with van der Waals surface area (Å²) >= 11 is 3.36. The van der Waals surface area contributed by atoms with E-state index in [1.807, 2.05) is 29.2 Å². The summed E-state index contributed by atoms with van der Waals surface area (Å²) in [7, 11) is 0. The minimum atomic E-state index is -0.370. The molecule has 1 aromatic rings. The molecule has 0 saturated carbocycles. The lowest BCUT2D eigenvalue weighted by Crippen LogP contribution is -2.58. The number of halogens is 1. The van der Waals surface area contributed by atoms with Gasteiger partial charge in [-0.15, -0.1) is 0 Å². The summed E-state index contributed by atoms with van der Waals surface area (Å²) in [5, 5.41) is 0. The van der Waals surface area contributed by atoms with Crippen LogP contribution in [0.1, 0.15) is 13.3 Å². The summed E-state index contributed by atoms with van der Waals surface area (Å²) in [6.07, 6.45) is 0.128. The molecule has 96 valence electrons. The Kier molecular flexibility index (Phi) is 4.01. The number of nitrogens with zero attached hydrogens (tertiary/aromatic N) is 1. The number of ether oxygens (including phenoxy) is 1. The van der Waals surface area contributed by atoms with Gasteiger partial charge in [0.2, 0.25) is 0 Å². The van der Waals surface area contributed by atoms with Crippen LogP contribution in [0.3, 0.4) is 0 Å². The Bertz CT molecular complexity index is 458. The number of ketones is 1. The fraction of sp³-hybridized carbons (Fsp3) is 0.385. The van der Waals surface area contributed by atoms with E-state index in [0.717, 1.165) is 10.2 Å². The van der Waals surface area contributed by atoms with Gasteiger partial charge >= 0.3 is 5.97 Å². The third-order valence-electron chi connectivity index (χ3n) is 2.90. The van der Waals surface area contributed by atoms with Crippen LogP contribution in [0.15, 0.2) is 28.7 Å². The van der Waals surface area contributed by atoms with Gasteiger partial charge in [0.15, 0.2) is 5.78 Å². The summed E-state index contributed by atoms with van der Waals surface area (Å²) in [4.78, 5) is 24.9. The van der Waals surface area contributed by atoms with Crippen molar-refractivity contribution in [1.29, 1.82) is 0 Å². The standard InChI is InChI=1S/C13H14BrNO3/c1-2-18-13(17)7-11-12(16)8-15(11)10-5-3-9(14)4-6-10/h3-6,11H,2,7-8H2,1H3. The van der Waals surface area contributed by atoms with Crippen LogP contribution in [0.2, 0.25) is 0 Å². The lowest BCUT2D eigenvalue weighted by atomic mass is 9.97. The van der Waals surface area contributed by atoms with Crippen LogP contribution >= 0.6 is 15.9 Å². The van der Waals surface area contributed by atoms with Crippen molar-refractivity contribution in [3.63, 3.8) is 0 Å². The summed E-state index contributed by atoms with van der Waals surface area (Å²) in [5.41, 5.74) is 0.951. The van der Waals surface area contributed by atoms with Gasteiger partial charge in [-0.05, 0) is 31.2 Å². The first-order valence-corrected chi connectivity index (χ1v) is 6.61. The van der Waals surface area contributed by atoms with E-state index in [9.17, 15) is 9.59 Å². The molecule has 0 aromatic heterocycles. The van der Waals surface area contributed by atoms with Crippen molar-refractivity contribution in [2.45, 2.75) is 19.4 Å². The molecule has 2 rings (SSSR count). The molecular formula is C13H14BrNO3. The van der Waals surface area contributed by atoms with Gasteiger partial charge in [-0.25, -0.2) is 0 Å². The zero-order valence-electron chi connectivity index (χ0n) is 10.1. The molecule has 18 heavy (non-hydrogen) atoms. The number of Topliss-reactive ketones (excluding diaryl/α,β-unsaturated/α-hetero) is 1. The molecule has 0 amide bonds. The molecule has 0 bridgehead atoms. The first-order valence-electron chi connectivity index (χ1n) is 5.82. The molecule has 1 atom stereocenters. The lowest BCUT2D eigenvalue weighted by Gasteiger charge is -2.40. The average Bonchev–Trinajstić information content (AvgIpc) is 2.35. The predicted molar refractivity (Wildman–Crippen MR) is 71.5 cm³/mol. The van der Waals surface area contributed by atoms with E-state index >= 15 is 0 Å². The monoisotopic (exact) mass is 311 g/mol. The molecule has 4 nitrogen and oxygen atoms in total. The van der Waals surface area contributed by atoms with Crippen LogP contribution in [0.5, 0.6) is 0 Å². The van der Waals surface area contributed by atoms with E-state index in [0.29, 0.717) is 13.2 Å². The van der Waals surface area contributed by atoms with Crippen LogP contribution in [-0.2, 0) is 14.3 Å². The molecular weight excluding hydrogens is 298 g/mol. The molecule has 1 saturated heterocycles. The summed E-state index contributed by atoms with van der Waals surface area (Å²) in [6.45, 7) is 2.47. The topological polar surface area (TPSA) is 46.6 Å². The number of hydrogen-bond acceptors (Lipinski definition) is 4. The van der Waals surface area contributed by atoms with Crippen molar-refractivity contribution in [3.8, 4) is 0 Å². The highest BCUT2D eigenvalue weighted by Gasteiger charge is 2.39. The maximum atomic E-state index is 11.6. The Morgan fingerprint density at radius 1 is 1.44 bits per heavy atom. The predicted octanol–water partition coefficient (Wildman–Crippen LogP) is 2.16. The van der Waals surface area contributed by atoms with Gasteiger partial charge in [-0.2, -0.15) is 0 Å². The highest BCUT2D eigenvalue weighted by atomic mass is 79.9. The second kappa shape index (κ2) is 5.52. The van der Waals surface area contributed by atoms with E-state index < -0.39 is 0 Å². The van der Waals surface area contributed by atoms with E-state index in [1.54, 1.807) is 6.92 Å². The number of carbonyl (C=O) groups is 2. The number of rotatable bonds is 4. The molecule has 1 fully saturated rings. The van der Waals surface area contributed by atoms with Gasteiger partial charge in [0, 0.05) is 10.2 Å². The molecule has 0 aliphatic carbocycles. The minimum absolute atomic E-state index is 0.0889. The first-order chi connectivity index (χ1) is 8.61. The maximum Gasteiger partial charge on any atom is 0.308 e. The normalized spacial score (nSPS) is 18.4. The third-order valence-corrected chi connectivity index (χ3v) is 3.43. The number of hydrogen-bond donors (Lipinski definition) is 0. The SMILES string of the molecule is CCOC(=O)CC1C(=O)CN1c1ccc(Br)cc1. The van der Waals surface area contributed by atoms with Crippen LogP contribution < -0.4 is 4.90 Å². The fourth-order valence-electron chi connectivity index (χ4n) is 1.95.